The molecule has 2 aromatic carbocycles. The van der Waals surface area contributed by atoms with Crippen LogP contribution in [0.2, 0.25) is 0 Å². The van der Waals surface area contributed by atoms with Gasteiger partial charge < -0.3 is 5.32 Å². The number of benzene rings is 2. The van der Waals surface area contributed by atoms with Crippen LogP contribution < -0.4 is 5.32 Å². The first kappa shape index (κ1) is 15.3. The Morgan fingerprint density at radius 1 is 1.00 bits per heavy atom. The molecule has 0 spiro atoms. The Morgan fingerprint density at radius 2 is 1.65 bits per heavy atom. The van der Waals surface area contributed by atoms with Gasteiger partial charge in [-0.1, -0.05) is 61.5 Å². The molecule has 4 nitrogen and oxygen atoms in total. The number of carbonyl (C=O) groups excluding carboxylic acids is 2. The first-order chi connectivity index (χ1) is 11.1. The largest absolute Gasteiger partial charge is 0.325 e. The molecule has 1 saturated heterocycles. The second-order valence-electron chi connectivity index (χ2n) is 5.87. The van der Waals surface area contributed by atoms with Crippen LogP contribution in [-0.2, 0) is 16.9 Å². The van der Waals surface area contributed by atoms with Crippen LogP contribution in [0.4, 0.5) is 4.79 Å². The van der Waals surface area contributed by atoms with Gasteiger partial charge in [-0.25, -0.2) is 4.79 Å². The molecule has 0 unspecified atom stereocenters. The summed E-state index contributed by atoms with van der Waals surface area (Å²) >= 11 is 0. The van der Waals surface area contributed by atoms with Crippen molar-refractivity contribution in [3.63, 3.8) is 0 Å². The molecule has 1 heterocycles. The van der Waals surface area contributed by atoms with Gasteiger partial charge >= 0.3 is 6.03 Å². The molecule has 23 heavy (non-hydrogen) atoms. The quantitative estimate of drug-likeness (QED) is 0.881. The minimum Gasteiger partial charge on any atom is -0.319 e. The lowest BCUT2D eigenvalue weighted by atomic mass is 9.87. The monoisotopic (exact) mass is 308 g/mol. The maximum Gasteiger partial charge on any atom is 0.325 e. The third kappa shape index (κ3) is 2.50. The number of hydrogen-bond acceptors (Lipinski definition) is 2. The van der Waals surface area contributed by atoms with E-state index >= 15 is 0 Å². The number of rotatable bonds is 4. The molecule has 1 fully saturated rings. The average molecular weight is 308 g/mol. The minimum atomic E-state index is -0.957. The molecule has 1 atom stereocenters. The summed E-state index contributed by atoms with van der Waals surface area (Å²) < 4.78 is 0. The highest BCUT2D eigenvalue weighted by Gasteiger charge is 2.51. The summed E-state index contributed by atoms with van der Waals surface area (Å²) in [5, 5.41) is 2.91. The highest BCUT2D eigenvalue weighted by Crippen LogP contribution is 2.33. The molecule has 118 valence electrons. The van der Waals surface area contributed by atoms with Gasteiger partial charge in [-0.05, 0) is 30.0 Å². The highest BCUT2D eigenvalue weighted by molar-refractivity contribution is 6.07. The van der Waals surface area contributed by atoms with Crippen molar-refractivity contribution in [3.8, 4) is 0 Å². The zero-order chi connectivity index (χ0) is 16.4. The third-order valence-corrected chi connectivity index (χ3v) is 4.56. The van der Waals surface area contributed by atoms with Crippen LogP contribution in [0.15, 0.2) is 54.6 Å². The van der Waals surface area contributed by atoms with Crippen LogP contribution in [0.25, 0.3) is 0 Å². The number of aryl methyl sites for hydroxylation is 1. The second-order valence-corrected chi connectivity index (χ2v) is 5.87. The first-order valence-corrected chi connectivity index (χ1v) is 7.82. The second kappa shape index (κ2) is 5.88. The molecule has 0 bridgehead atoms. The highest BCUT2D eigenvalue weighted by atomic mass is 16.2. The van der Waals surface area contributed by atoms with E-state index < -0.39 is 5.54 Å². The Labute approximate surface area is 136 Å². The van der Waals surface area contributed by atoms with E-state index in [0.717, 1.165) is 16.7 Å². The molecule has 0 aromatic heterocycles. The lowest BCUT2D eigenvalue weighted by Crippen LogP contribution is -2.43. The number of amides is 3. The molecular weight excluding hydrogens is 288 g/mol. The Kier molecular flexibility index (Phi) is 3.90. The van der Waals surface area contributed by atoms with Crippen LogP contribution in [0, 0.1) is 6.92 Å². The molecule has 0 aliphatic carbocycles. The topological polar surface area (TPSA) is 49.4 Å². The molecule has 3 amide bonds. The normalized spacial score (nSPS) is 20.7. The van der Waals surface area contributed by atoms with Crippen LogP contribution in [0.1, 0.15) is 30.0 Å². The van der Waals surface area contributed by atoms with E-state index in [1.165, 1.54) is 4.90 Å². The van der Waals surface area contributed by atoms with Gasteiger partial charge in [-0.3, -0.25) is 9.69 Å². The van der Waals surface area contributed by atoms with Crippen molar-refractivity contribution in [2.45, 2.75) is 32.4 Å². The molecule has 1 N–H and O–H groups in total. The molecule has 3 rings (SSSR count). The number of imide groups is 1. The van der Waals surface area contributed by atoms with Gasteiger partial charge in [-0.2, -0.15) is 0 Å². The van der Waals surface area contributed by atoms with Gasteiger partial charge in [0.15, 0.2) is 0 Å². The molecule has 1 aliphatic rings. The predicted octanol–water partition coefficient (Wildman–Crippen LogP) is 3.35. The molecule has 2 aromatic rings. The fourth-order valence-electron chi connectivity index (χ4n) is 3.09. The van der Waals surface area contributed by atoms with Crippen molar-refractivity contribution < 1.29 is 9.59 Å². The summed E-state index contributed by atoms with van der Waals surface area (Å²) in [7, 11) is 0. The molecule has 1 aliphatic heterocycles. The van der Waals surface area contributed by atoms with E-state index in [1.807, 2.05) is 68.4 Å². The van der Waals surface area contributed by atoms with E-state index in [2.05, 4.69) is 5.32 Å². The lowest BCUT2D eigenvalue weighted by Gasteiger charge is -2.25. The van der Waals surface area contributed by atoms with E-state index in [1.54, 1.807) is 0 Å². The molecule has 0 saturated carbocycles. The summed E-state index contributed by atoms with van der Waals surface area (Å²) in [5.74, 6) is -0.181. The van der Waals surface area contributed by atoms with E-state index in [-0.39, 0.29) is 11.9 Å². The fourth-order valence-corrected chi connectivity index (χ4v) is 3.09. The van der Waals surface area contributed by atoms with Gasteiger partial charge in [-0.15, -0.1) is 0 Å². The van der Waals surface area contributed by atoms with Gasteiger partial charge in [0.25, 0.3) is 5.91 Å². The minimum absolute atomic E-state index is 0.181. The van der Waals surface area contributed by atoms with Crippen molar-refractivity contribution in [3.05, 3.63) is 71.3 Å². The Morgan fingerprint density at radius 3 is 2.30 bits per heavy atom. The Bertz CT molecular complexity index is 742. The first-order valence-electron chi connectivity index (χ1n) is 7.82. The summed E-state index contributed by atoms with van der Waals surface area (Å²) in [6.45, 7) is 4.20. The summed E-state index contributed by atoms with van der Waals surface area (Å²) in [5.41, 5.74) is 1.92. The summed E-state index contributed by atoms with van der Waals surface area (Å²) in [6.07, 6.45) is 0.520. The number of nitrogens with zero attached hydrogens (tertiary/aromatic N) is 1. The number of urea groups is 1. The smallest absolute Gasteiger partial charge is 0.319 e. The maximum atomic E-state index is 13.0. The molecular formula is C19H20N2O2. The van der Waals surface area contributed by atoms with E-state index in [0.29, 0.717) is 13.0 Å². The lowest BCUT2D eigenvalue weighted by molar-refractivity contribution is -0.132. The van der Waals surface area contributed by atoms with Gasteiger partial charge in [0.1, 0.15) is 5.54 Å². The predicted molar refractivity (Wildman–Crippen MR) is 88.7 cm³/mol. The zero-order valence-electron chi connectivity index (χ0n) is 13.4. The van der Waals surface area contributed by atoms with Crippen LogP contribution >= 0.6 is 0 Å². The summed E-state index contributed by atoms with van der Waals surface area (Å²) in [4.78, 5) is 26.8. The fraction of sp³-hybridized carbons (Fsp3) is 0.263. The molecule has 0 radical (unpaired) electrons. The number of carbonyl (C=O) groups is 2. The number of nitrogens with one attached hydrogen (secondary N) is 1. The van der Waals surface area contributed by atoms with Crippen LogP contribution in [0.5, 0.6) is 0 Å². The zero-order valence-corrected chi connectivity index (χ0v) is 13.4. The standard InChI is InChI=1S/C19H20N2O2/c1-3-19(16-11-5-4-6-12-16)17(22)21(18(23)20-19)13-15-10-8-7-9-14(15)2/h4-12H,3,13H2,1-2H3,(H,20,23)/t19-/m0/s1. The SMILES string of the molecule is CC[C@@]1(c2ccccc2)NC(=O)N(Cc2ccccc2C)C1=O. The number of hydrogen-bond donors (Lipinski definition) is 1. The van der Waals surface area contributed by atoms with Crippen molar-refractivity contribution in [2.24, 2.45) is 0 Å². The van der Waals surface area contributed by atoms with Gasteiger partial charge in [0.2, 0.25) is 0 Å². The van der Waals surface area contributed by atoms with Crippen molar-refractivity contribution in [1.82, 2.24) is 10.2 Å². The van der Waals surface area contributed by atoms with Crippen molar-refractivity contribution in [1.29, 1.82) is 0 Å². The Balaban J connectivity index is 1.95. The van der Waals surface area contributed by atoms with Gasteiger partial charge in [0, 0.05) is 0 Å². The van der Waals surface area contributed by atoms with Crippen molar-refractivity contribution in [2.75, 3.05) is 0 Å². The molecule has 4 heteroatoms. The van der Waals surface area contributed by atoms with E-state index in [4.69, 9.17) is 0 Å². The van der Waals surface area contributed by atoms with Crippen molar-refractivity contribution >= 4 is 11.9 Å². The maximum absolute atomic E-state index is 13.0. The van der Waals surface area contributed by atoms with Crippen LogP contribution in [0.3, 0.4) is 0 Å². The van der Waals surface area contributed by atoms with Crippen LogP contribution in [-0.4, -0.2) is 16.8 Å². The third-order valence-electron chi connectivity index (χ3n) is 4.56. The summed E-state index contributed by atoms with van der Waals surface area (Å²) in [6, 6.07) is 16.9. The Hall–Kier alpha value is -2.62. The average Bonchev–Trinajstić information content (AvgIpc) is 2.82. The van der Waals surface area contributed by atoms with E-state index in [9.17, 15) is 9.59 Å². The van der Waals surface area contributed by atoms with Gasteiger partial charge in [0.05, 0.1) is 6.54 Å².